The number of aromatic nitrogens is 1. The number of anilines is 2. The van der Waals surface area contributed by atoms with Gasteiger partial charge in [-0.3, -0.25) is 19.8 Å². The van der Waals surface area contributed by atoms with E-state index >= 15 is 0 Å². The SMILES string of the molecule is O=C(NC1CCN(c2ccccn2)C1)c1cccc(NN2C(=O)C3CC=CCC3C2=O)c1. The highest BCUT2D eigenvalue weighted by molar-refractivity contribution is 6.06. The summed E-state index contributed by atoms with van der Waals surface area (Å²) in [5, 5.41) is 4.19. The third-order valence-corrected chi connectivity index (χ3v) is 6.37. The molecule has 3 amide bonds. The van der Waals surface area contributed by atoms with Gasteiger partial charge >= 0.3 is 0 Å². The lowest BCUT2D eigenvalue weighted by Crippen LogP contribution is -2.38. The van der Waals surface area contributed by atoms with Crippen LogP contribution < -0.4 is 15.6 Å². The monoisotopic (exact) mass is 431 g/mol. The van der Waals surface area contributed by atoms with Gasteiger partial charge in [0, 0.05) is 30.9 Å². The number of amides is 3. The fourth-order valence-electron chi connectivity index (χ4n) is 4.67. The van der Waals surface area contributed by atoms with Crippen LogP contribution in [-0.2, 0) is 9.59 Å². The second-order valence-corrected chi connectivity index (χ2v) is 8.45. The Kier molecular flexibility index (Phi) is 5.34. The van der Waals surface area contributed by atoms with Crippen LogP contribution in [0.25, 0.3) is 0 Å². The standard InChI is InChI=1S/C24H25N5O3/c30-22(26-18-11-13-28(15-18)21-10-3-4-12-25-21)16-6-5-7-17(14-16)27-29-23(31)19-8-1-2-9-20(19)24(29)32/h1-7,10,12,14,18-20,27H,8-9,11,13,15H2,(H,26,30). The topological polar surface area (TPSA) is 94.6 Å². The van der Waals surface area contributed by atoms with Crippen LogP contribution in [0.2, 0.25) is 0 Å². The van der Waals surface area contributed by atoms with E-state index in [1.807, 2.05) is 30.4 Å². The highest BCUT2D eigenvalue weighted by Gasteiger charge is 2.47. The summed E-state index contributed by atoms with van der Waals surface area (Å²) >= 11 is 0. The van der Waals surface area contributed by atoms with Crippen molar-refractivity contribution in [2.75, 3.05) is 23.4 Å². The number of nitrogens with one attached hydrogen (secondary N) is 2. The number of carbonyl (C=O) groups excluding carboxylic acids is 3. The minimum Gasteiger partial charge on any atom is -0.354 e. The van der Waals surface area contributed by atoms with E-state index in [1.54, 1.807) is 30.5 Å². The van der Waals surface area contributed by atoms with Crippen molar-refractivity contribution < 1.29 is 14.4 Å². The van der Waals surface area contributed by atoms with Gasteiger partial charge in [-0.15, -0.1) is 0 Å². The van der Waals surface area contributed by atoms with Crippen LogP contribution in [0.5, 0.6) is 0 Å². The molecule has 1 aromatic heterocycles. The van der Waals surface area contributed by atoms with Crippen molar-refractivity contribution in [3.05, 3.63) is 66.4 Å². The van der Waals surface area contributed by atoms with Gasteiger partial charge in [0.15, 0.2) is 0 Å². The Morgan fingerprint density at radius 3 is 2.50 bits per heavy atom. The van der Waals surface area contributed by atoms with E-state index < -0.39 is 0 Å². The molecule has 32 heavy (non-hydrogen) atoms. The third-order valence-electron chi connectivity index (χ3n) is 6.37. The van der Waals surface area contributed by atoms with E-state index in [4.69, 9.17) is 0 Å². The molecule has 3 aliphatic rings. The largest absolute Gasteiger partial charge is 0.354 e. The van der Waals surface area contributed by atoms with Crippen molar-refractivity contribution in [3.8, 4) is 0 Å². The number of pyridine rings is 1. The average molecular weight is 431 g/mol. The van der Waals surface area contributed by atoms with Gasteiger partial charge in [-0.05, 0) is 49.6 Å². The number of benzene rings is 1. The number of fused-ring (bicyclic) bond motifs is 1. The number of allylic oxidation sites excluding steroid dienone is 2. The van der Waals surface area contributed by atoms with Gasteiger partial charge in [0.05, 0.1) is 17.5 Å². The zero-order valence-electron chi connectivity index (χ0n) is 17.6. The van der Waals surface area contributed by atoms with Crippen molar-refractivity contribution >= 4 is 29.2 Å². The zero-order chi connectivity index (χ0) is 22.1. The molecule has 2 fully saturated rings. The molecule has 3 unspecified atom stereocenters. The summed E-state index contributed by atoms with van der Waals surface area (Å²) in [5.74, 6) is -0.282. The first-order chi connectivity index (χ1) is 15.6. The van der Waals surface area contributed by atoms with E-state index in [0.29, 0.717) is 30.6 Å². The molecule has 5 rings (SSSR count). The Hall–Kier alpha value is -3.68. The van der Waals surface area contributed by atoms with Gasteiger partial charge in [0.25, 0.3) is 17.7 Å². The number of rotatable bonds is 5. The first kappa shape index (κ1) is 20.2. The van der Waals surface area contributed by atoms with Crippen LogP contribution in [0.4, 0.5) is 11.5 Å². The maximum atomic E-state index is 12.8. The fraction of sp³-hybridized carbons (Fsp3) is 0.333. The molecule has 164 valence electrons. The summed E-state index contributed by atoms with van der Waals surface area (Å²) in [6, 6.07) is 12.7. The minimum atomic E-state index is -0.295. The molecule has 2 aliphatic heterocycles. The minimum absolute atomic E-state index is 0.0264. The Morgan fingerprint density at radius 2 is 1.78 bits per heavy atom. The molecule has 2 saturated heterocycles. The second-order valence-electron chi connectivity index (χ2n) is 8.45. The summed E-state index contributed by atoms with van der Waals surface area (Å²) < 4.78 is 0. The molecule has 1 aromatic carbocycles. The molecule has 8 nitrogen and oxygen atoms in total. The van der Waals surface area contributed by atoms with Crippen LogP contribution in [0.3, 0.4) is 0 Å². The Labute approximate surface area is 186 Å². The lowest BCUT2D eigenvalue weighted by atomic mass is 9.85. The summed E-state index contributed by atoms with van der Waals surface area (Å²) in [5.41, 5.74) is 3.94. The number of hydrogen-bond acceptors (Lipinski definition) is 6. The van der Waals surface area contributed by atoms with Crippen molar-refractivity contribution in [2.24, 2.45) is 11.8 Å². The average Bonchev–Trinajstić information content (AvgIpc) is 3.39. The quantitative estimate of drug-likeness (QED) is 0.558. The Morgan fingerprint density at radius 1 is 1.00 bits per heavy atom. The lowest BCUT2D eigenvalue weighted by molar-refractivity contribution is -0.138. The number of imide groups is 1. The number of carbonyl (C=O) groups is 3. The molecule has 0 bridgehead atoms. The van der Waals surface area contributed by atoms with Gasteiger partial charge in [-0.2, -0.15) is 5.01 Å². The summed E-state index contributed by atoms with van der Waals surface area (Å²) in [6.07, 6.45) is 7.70. The van der Waals surface area contributed by atoms with Crippen molar-refractivity contribution in [1.29, 1.82) is 0 Å². The van der Waals surface area contributed by atoms with Crippen molar-refractivity contribution in [3.63, 3.8) is 0 Å². The van der Waals surface area contributed by atoms with Crippen molar-refractivity contribution in [2.45, 2.75) is 25.3 Å². The maximum Gasteiger partial charge on any atom is 0.252 e. The van der Waals surface area contributed by atoms with Crippen LogP contribution in [0, 0.1) is 11.8 Å². The molecule has 1 aliphatic carbocycles. The third kappa shape index (κ3) is 3.84. The summed E-state index contributed by atoms with van der Waals surface area (Å²) in [6.45, 7) is 1.54. The summed E-state index contributed by atoms with van der Waals surface area (Å²) in [7, 11) is 0. The van der Waals surface area contributed by atoms with E-state index in [2.05, 4.69) is 20.6 Å². The first-order valence-electron chi connectivity index (χ1n) is 11.0. The molecule has 0 radical (unpaired) electrons. The summed E-state index contributed by atoms with van der Waals surface area (Å²) in [4.78, 5) is 44.7. The van der Waals surface area contributed by atoms with Crippen LogP contribution in [-0.4, -0.2) is 46.8 Å². The van der Waals surface area contributed by atoms with Gasteiger partial charge in [0.1, 0.15) is 5.82 Å². The van der Waals surface area contributed by atoms with E-state index in [1.165, 1.54) is 0 Å². The van der Waals surface area contributed by atoms with Gasteiger partial charge in [0.2, 0.25) is 0 Å². The number of nitrogens with zero attached hydrogens (tertiary/aromatic N) is 3. The molecule has 3 heterocycles. The van der Waals surface area contributed by atoms with Crippen LogP contribution in [0.15, 0.2) is 60.8 Å². The normalized spacial score (nSPS) is 24.6. The van der Waals surface area contributed by atoms with Gasteiger partial charge < -0.3 is 10.2 Å². The second kappa shape index (κ2) is 8.45. The molecular weight excluding hydrogens is 406 g/mol. The van der Waals surface area contributed by atoms with Gasteiger partial charge in [-0.25, -0.2) is 4.98 Å². The first-order valence-corrected chi connectivity index (χ1v) is 11.0. The smallest absolute Gasteiger partial charge is 0.252 e. The van der Waals surface area contributed by atoms with E-state index in [-0.39, 0.29) is 35.6 Å². The van der Waals surface area contributed by atoms with Crippen LogP contribution in [0.1, 0.15) is 29.6 Å². The predicted octanol–water partition coefficient (Wildman–Crippen LogP) is 2.37. The molecule has 2 aromatic rings. The van der Waals surface area contributed by atoms with E-state index in [0.717, 1.165) is 23.8 Å². The molecule has 8 heteroatoms. The number of hydrogen-bond donors (Lipinski definition) is 2. The van der Waals surface area contributed by atoms with Gasteiger partial charge in [-0.1, -0.05) is 24.3 Å². The molecular formula is C24H25N5O3. The highest BCUT2D eigenvalue weighted by Crippen LogP contribution is 2.35. The highest BCUT2D eigenvalue weighted by atomic mass is 16.2. The lowest BCUT2D eigenvalue weighted by Gasteiger charge is -2.19. The predicted molar refractivity (Wildman–Crippen MR) is 120 cm³/mol. The van der Waals surface area contributed by atoms with E-state index in [9.17, 15) is 14.4 Å². The fourth-order valence-corrected chi connectivity index (χ4v) is 4.67. The van der Waals surface area contributed by atoms with Crippen molar-refractivity contribution in [1.82, 2.24) is 15.3 Å². The maximum absolute atomic E-state index is 12.8. The molecule has 2 N–H and O–H groups in total. The molecule has 0 spiro atoms. The Balaban J connectivity index is 1.22. The molecule has 0 saturated carbocycles. The van der Waals surface area contributed by atoms with Crippen LogP contribution >= 0.6 is 0 Å². The number of hydrazine groups is 1. The zero-order valence-corrected chi connectivity index (χ0v) is 17.6. The Bertz CT molecular complexity index is 1040. The molecule has 3 atom stereocenters.